The third-order valence-corrected chi connectivity index (χ3v) is 11.1. The highest BCUT2D eigenvalue weighted by molar-refractivity contribution is 5.76. The van der Waals surface area contributed by atoms with Gasteiger partial charge < -0.3 is 4.74 Å². The molecule has 0 aromatic carbocycles. The zero-order valence-corrected chi connectivity index (χ0v) is 24.7. The second-order valence-corrected chi connectivity index (χ2v) is 13.5. The summed E-state index contributed by atoms with van der Waals surface area (Å²) in [5, 5.41) is 0. The summed E-state index contributed by atoms with van der Waals surface area (Å²) in [5.41, 5.74) is -0.168. The highest BCUT2D eigenvalue weighted by Gasteiger charge is 2.44. The molecule has 0 saturated heterocycles. The molecule has 0 aromatic heterocycles. The first-order chi connectivity index (χ1) is 17.6. The van der Waals surface area contributed by atoms with Crippen LogP contribution in [0.4, 0.5) is 0 Å². The Bertz CT molecular complexity index is 574. The van der Waals surface area contributed by atoms with Gasteiger partial charge in [0.2, 0.25) is 0 Å². The lowest BCUT2D eigenvalue weighted by atomic mass is 9.62. The van der Waals surface area contributed by atoms with Crippen LogP contribution in [0.15, 0.2) is 0 Å². The molecule has 36 heavy (non-hydrogen) atoms. The molecule has 0 aliphatic heterocycles. The number of ether oxygens (including phenoxy) is 1. The zero-order valence-electron chi connectivity index (χ0n) is 24.7. The Labute approximate surface area is 225 Å². The van der Waals surface area contributed by atoms with Crippen molar-refractivity contribution in [3.05, 3.63) is 0 Å². The Morgan fingerprint density at radius 2 is 1.06 bits per heavy atom. The smallest absolute Gasteiger partial charge is 0.311 e. The molecule has 3 saturated carbocycles. The van der Waals surface area contributed by atoms with Crippen molar-refractivity contribution in [2.24, 2.45) is 35.0 Å². The van der Waals surface area contributed by atoms with E-state index in [1.165, 1.54) is 135 Å². The van der Waals surface area contributed by atoms with E-state index in [2.05, 4.69) is 13.8 Å². The molecule has 0 N–H and O–H groups in total. The van der Waals surface area contributed by atoms with Gasteiger partial charge in [-0.3, -0.25) is 4.79 Å². The predicted molar refractivity (Wildman–Crippen MR) is 154 cm³/mol. The molecule has 0 aromatic rings. The van der Waals surface area contributed by atoms with Gasteiger partial charge in [0.1, 0.15) is 0 Å². The average Bonchev–Trinajstić information content (AvgIpc) is 2.93. The summed E-state index contributed by atoms with van der Waals surface area (Å²) in [6, 6.07) is 0. The van der Waals surface area contributed by atoms with Gasteiger partial charge in [-0.15, -0.1) is 0 Å². The second-order valence-electron chi connectivity index (χ2n) is 13.5. The van der Waals surface area contributed by atoms with E-state index in [4.69, 9.17) is 4.74 Å². The van der Waals surface area contributed by atoms with Crippen LogP contribution >= 0.6 is 0 Å². The third kappa shape index (κ3) is 9.34. The second kappa shape index (κ2) is 16.4. The molecular formula is C34H62O2. The molecule has 0 atom stereocenters. The summed E-state index contributed by atoms with van der Waals surface area (Å²) >= 11 is 0. The molecule has 0 bridgehead atoms. The lowest BCUT2D eigenvalue weighted by Gasteiger charge is -2.43. The quantitative estimate of drug-likeness (QED) is 0.164. The number of esters is 1. The van der Waals surface area contributed by atoms with E-state index >= 15 is 0 Å². The summed E-state index contributed by atoms with van der Waals surface area (Å²) in [5.74, 6) is 4.74. The molecule has 0 spiro atoms. The lowest BCUT2D eigenvalue weighted by molar-refractivity contribution is -0.157. The molecule has 0 unspecified atom stereocenters. The number of hydrogen-bond acceptors (Lipinski definition) is 2. The van der Waals surface area contributed by atoms with Gasteiger partial charge in [-0.05, 0) is 81.0 Å². The Kier molecular flexibility index (Phi) is 13.7. The van der Waals surface area contributed by atoms with E-state index in [9.17, 15) is 4.79 Å². The van der Waals surface area contributed by atoms with E-state index in [1.807, 2.05) is 0 Å². The van der Waals surface area contributed by atoms with Gasteiger partial charge in [0.25, 0.3) is 0 Å². The molecule has 0 heterocycles. The number of carbonyl (C=O) groups is 1. The van der Waals surface area contributed by atoms with Crippen molar-refractivity contribution in [1.29, 1.82) is 0 Å². The van der Waals surface area contributed by atoms with Gasteiger partial charge in [-0.25, -0.2) is 0 Å². The Morgan fingerprint density at radius 1 is 0.611 bits per heavy atom. The summed E-state index contributed by atoms with van der Waals surface area (Å²) in [7, 11) is 1.63. The van der Waals surface area contributed by atoms with Crippen LogP contribution < -0.4 is 0 Å². The van der Waals surface area contributed by atoms with Crippen LogP contribution in [-0.4, -0.2) is 13.1 Å². The minimum absolute atomic E-state index is 0.112. The van der Waals surface area contributed by atoms with Gasteiger partial charge in [0, 0.05) is 0 Å². The first kappa shape index (κ1) is 30.0. The Morgan fingerprint density at radius 3 is 1.61 bits per heavy atom. The van der Waals surface area contributed by atoms with Crippen LogP contribution in [0.2, 0.25) is 0 Å². The standard InChI is InChI=1S/C34H62O2/c1-4-6-8-9-11-13-28-14-16-30(17-15-28)22-25-34(33(35)36-3)26-23-32(24-27-34)31-20-18-29(19-21-31)12-10-7-5-2/h28-32H,4-27H2,1-3H3. The first-order valence-corrected chi connectivity index (χ1v) is 16.7. The van der Waals surface area contributed by atoms with E-state index in [1.54, 1.807) is 7.11 Å². The van der Waals surface area contributed by atoms with Gasteiger partial charge in [0.05, 0.1) is 12.5 Å². The lowest BCUT2D eigenvalue weighted by Crippen LogP contribution is -2.39. The fourth-order valence-electron chi connectivity index (χ4n) is 8.39. The number of carbonyl (C=O) groups excluding carboxylic acids is 1. The van der Waals surface area contributed by atoms with Crippen LogP contribution in [0.3, 0.4) is 0 Å². The predicted octanol–water partition coefficient (Wildman–Crippen LogP) is 10.7. The minimum Gasteiger partial charge on any atom is -0.469 e. The number of hydrogen-bond donors (Lipinski definition) is 0. The summed E-state index contributed by atoms with van der Waals surface area (Å²) in [6.07, 6.45) is 32.8. The minimum atomic E-state index is -0.168. The summed E-state index contributed by atoms with van der Waals surface area (Å²) in [4.78, 5) is 13.0. The average molecular weight is 503 g/mol. The van der Waals surface area contributed by atoms with Crippen molar-refractivity contribution in [3.63, 3.8) is 0 Å². The van der Waals surface area contributed by atoms with Crippen molar-refractivity contribution in [1.82, 2.24) is 0 Å². The Balaban J connectivity index is 1.37. The fourth-order valence-corrected chi connectivity index (χ4v) is 8.39. The number of unbranched alkanes of at least 4 members (excludes halogenated alkanes) is 6. The highest BCUT2D eigenvalue weighted by atomic mass is 16.5. The fraction of sp³-hybridized carbons (Fsp3) is 0.971. The maximum atomic E-state index is 13.0. The number of methoxy groups -OCH3 is 1. The van der Waals surface area contributed by atoms with Crippen LogP contribution in [-0.2, 0) is 9.53 Å². The van der Waals surface area contributed by atoms with Crippen molar-refractivity contribution >= 4 is 5.97 Å². The van der Waals surface area contributed by atoms with E-state index in [0.717, 1.165) is 48.9 Å². The van der Waals surface area contributed by atoms with Crippen molar-refractivity contribution in [3.8, 4) is 0 Å². The van der Waals surface area contributed by atoms with Crippen LogP contribution in [0, 0.1) is 35.0 Å². The third-order valence-electron chi connectivity index (χ3n) is 11.1. The van der Waals surface area contributed by atoms with Crippen molar-refractivity contribution in [2.45, 2.75) is 168 Å². The maximum absolute atomic E-state index is 13.0. The van der Waals surface area contributed by atoms with E-state index in [0.29, 0.717) is 0 Å². The van der Waals surface area contributed by atoms with Gasteiger partial charge in [0.15, 0.2) is 0 Å². The Hall–Kier alpha value is -0.530. The van der Waals surface area contributed by atoms with E-state index in [-0.39, 0.29) is 11.4 Å². The SMILES string of the molecule is CCCCCCCC1CCC(CCC2(C(=O)OC)CCC(C3CCC(CCCCC)CC3)CC2)CC1. The van der Waals surface area contributed by atoms with E-state index < -0.39 is 0 Å². The molecule has 0 amide bonds. The van der Waals surface area contributed by atoms with Gasteiger partial charge in [-0.2, -0.15) is 0 Å². The molecule has 2 nitrogen and oxygen atoms in total. The largest absolute Gasteiger partial charge is 0.469 e. The molecule has 3 rings (SSSR count). The van der Waals surface area contributed by atoms with Gasteiger partial charge in [-0.1, -0.05) is 117 Å². The van der Waals surface area contributed by atoms with Crippen LogP contribution in [0.25, 0.3) is 0 Å². The van der Waals surface area contributed by atoms with Crippen LogP contribution in [0.5, 0.6) is 0 Å². The molecule has 2 heteroatoms. The molecule has 3 aliphatic carbocycles. The summed E-state index contributed by atoms with van der Waals surface area (Å²) < 4.78 is 5.42. The molecule has 3 aliphatic rings. The van der Waals surface area contributed by atoms with Crippen molar-refractivity contribution < 1.29 is 9.53 Å². The molecule has 3 fully saturated rings. The molecule has 0 radical (unpaired) electrons. The normalized spacial score (nSPS) is 33.4. The molecular weight excluding hydrogens is 440 g/mol. The molecule has 210 valence electrons. The summed E-state index contributed by atoms with van der Waals surface area (Å²) in [6.45, 7) is 4.62. The number of rotatable bonds is 15. The topological polar surface area (TPSA) is 26.3 Å². The highest BCUT2D eigenvalue weighted by Crippen LogP contribution is 2.49. The zero-order chi connectivity index (χ0) is 25.6. The maximum Gasteiger partial charge on any atom is 0.311 e. The first-order valence-electron chi connectivity index (χ1n) is 16.7. The van der Waals surface area contributed by atoms with Crippen molar-refractivity contribution in [2.75, 3.05) is 7.11 Å². The monoisotopic (exact) mass is 502 g/mol. The van der Waals surface area contributed by atoms with Crippen LogP contribution in [0.1, 0.15) is 168 Å². The van der Waals surface area contributed by atoms with Gasteiger partial charge >= 0.3 is 5.97 Å².